The predicted octanol–water partition coefficient (Wildman–Crippen LogP) is 3.50. The van der Waals surface area contributed by atoms with Crippen LogP contribution in [0.1, 0.15) is 15.9 Å². The molecule has 0 saturated heterocycles. The fourth-order valence-electron chi connectivity index (χ4n) is 2.79. The summed E-state index contributed by atoms with van der Waals surface area (Å²) in [6, 6.07) is 7.87. The summed E-state index contributed by atoms with van der Waals surface area (Å²) in [6.07, 6.45) is 0. The van der Waals surface area contributed by atoms with Crippen LogP contribution in [0.25, 0.3) is 11.5 Å². The van der Waals surface area contributed by atoms with Gasteiger partial charge < -0.3 is 29.1 Å². The van der Waals surface area contributed by atoms with Crippen LogP contribution in [0.3, 0.4) is 0 Å². The number of aromatic nitrogens is 2. The van der Waals surface area contributed by atoms with Crippen LogP contribution < -0.4 is 19.5 Å². The zero-order valence-electron chi connectivity index (χ0n) is 17.8. The van der Waals surface area contributed by atoms with Crippen LogP contribution in [0.2, 0.25) is 0 Å². The molecular weight excluding hydrogens is 438 g/mol. The van der Waals surface area contributed by atoms with E-state index in [0.717, 1.165) is 17.3 Å². The van der Waals surface area contributed by atoms with Gasteiger partial charge in [-0.15, -0.1) is 10.2 Å². The minimum absolute atomic E-state index is 0.00632. The minimum atomic E-state index is -1.07. The summed E-state index contributed by atoms with van der Waals surface area (Å²) < 4.78 is 21.6. The average Bonchev–Trinajstić information content (AvgIpc) is 3.27. The second-order valence-corrected chi connectivity index (χ2v) is 7.39. The van der Waals surface area contributed by atoms with Gasteiger partial charge in [0.1, 0.15) is 0 Å². The van der Waals surface area contributed by atoms with E-state index in [1.54, 1.807) is 25.1 Å². The lowest BCUT2D eigenvalue weighted by molar-refractivity contribution is -0.113. The number of thioether (sulfide) groups is 1. The highest BCUT2D eigenvalue weighted by atomic mass is 32.2. The fraction of sp³-hybridized carbons (Fsp3) is 0.238. The molecule has 0 atom stereocenters. The van der Waals surface area contributed by atoms with Gasteiger partial charge in [-0.3, -0.25) is 4.79 Å². The Morgan fingerprint density at radius 2 is 1.75 bits per heavy atom. The molecule has 0 saturated carbocycles. The number of carbonyl (C=O) groups is 2. The number of benzene rings is 2. The number of hydrogen-bond acceptors (Lipinski definition) is 9. The Hall–Kier alpha value is -3.73. The first kappa shape index (κ1) is 22.9. The topological polar surface area (TPSA) is 133 Å². The van der Waals surface area contributed by atoms with Crippen LogP contribution in [0.4, 0.5) is 5.69 Å². The Kier molecular flexibility index (Phi) is 7.21. The average molecular weight is 459 g/mol. The van der Waals surface area contributed by atoms with Crippen LogP contribution >= 0.6 is 11.8 Å². The van der Waals surface area contributed by atoms with Gasteiger partial charge in [0.25, 0.3) is 5.22 Å². The van der Waals surface area contributed by atoms with Crippen molar-refractivity contribution in [2.45, 2.75) is 12.1 Å². The molecule has 0 fully saturated rings. The summed E-state index contributed by atoms with van der Waals surface area (Å²) >= 11 is 1.05. The van der Waals surface area contributed by atoms with Gasteiger partial charge in [-0.05, 0) is 36.8 Å². The van der Waals surface area contributed by atoms with E-state index in [4.69, 9.17) is 23.7 Å². The zero-order valence-corrected chi connectivity index (χ0v) is 18.6. The minimum Gasteiger partial charge on any atom is -0.493 e. The normalized spacial score (nSPS) is 10.5. The number of carboxylic acids is 1. The lowest BCUT2D eigenvalue weighted by Crippen LogP contribution is -2.15. The molecule has 11 heteroatoms. The number of rotatable bonds is 9. The molecule has 0 unspecified atom stereocenters. The van der Waals surface area contributed by atoms with Gasteiger partial charge >= 0.3 is 5.97 Å². The third-order valence-corrected chi connectivity index (χ3v) is 5.22. The molecule has 168 valence electrons. The van der Waals surface area contributed by atoms with Gasteiger partial charge in [0.2, 0.25) is 17.5 Å². The summed E-state index contributed by atoms with van der Waals surface area (Å²) in [4.78, 5) is 23.4. The molecule has 3 rings (SSSR count). The molecule has 1 aromatic heterocycles. The van der Waals surface area contributed by atoms with Gasteiger partial charge in [-0.2, -0.15) is 0 Å². The molecule has 32 heavy (non-hydrogen) atoms. The molecule has 0 aliphatic carbocycles. The van der Waals surface area contributed by atoms with E-state index in [0.29, 0.717) is 28.5 Å². The van der Waals surface area contributed by atoms with Gasteiger partial charge in [-0.25, -0.2) is 4.79 Å². The quantitative estimate of drug-likeness (QED) is 0.458. The molecule has 1 amide bonds. The monoisotopic (exact) mass is 459 g/mol. The lowest BCUT2D eigenvalue weighted by atomic mass is 10.1. The maximum absolute atomic E-state index is 12.3. The van der Waals surface area contributed by atoms with Crippen molar-refractivity contribution in [2.75, 3.05) is 32.4 Å². The van der Waals surface area contributed by atoms with Crippen LogP contribution in [-0.2, 0) is 4.79 Å². The number of hydrogen-bond donors (Lipinski definition) is 2. The van der Waals surface area contributed by atoms with E-state index < -0.39 is 5.97 Å². The van der Waals surface area contributed by atoms with Crippen LogP contribution in [0, 0.1) is 6.92 Å². The number of aromatic carboxylic acids is 1. The summed E-state index contributed by atoms with van der Waals surface area (Å²) in [5.74, 6) is 0.116. The van der Waals surface area contributed by atoms with Gasteiger partial charge in [-0.1, -0.05) is 17.8 Å². The summed E-state index contributed by atoms with van der Waals surface area (Å²) in [5.41, 5.74) is 1.82. The highest BCUT2D eigenvalue weighted by molar-refractivity contribution is 7.99. The standard InChI is InChI=1S/C21H21N3O7S/c1-11-5-6-12(20(26)27)7-14(11)22-17(25)10-32-21-24-23-19(31-21)13-8-15(28-2)18(30-4)16(9-13)29-3/h5-9H,10H2,1-4H3,(H,22,25)(H,26,27). The van der Waals surface area contributed by atoms with Crippen LogP contribution in [-0.4, -0.2) is 54.3 Å². The van der Waals surface area contributed by atoms with E-state index in [-0.39, 0.29) is 28.3 Å². The Balaban J connectivity index is 1.69. The first-order valence-corrected chi connectivity index (χ1v) is 10.2. The molecule has 0 bridgehead atoms. The van der Waals surface area contributed by atoms with Crippen molar-refractivity contribution in [3.8, 4) is 28.7 Å². The second-order valence-electron chi connectivity index (χ2n) is 6.46. The first-order chi connectivity index (χ1) is 15.4. The summed E-state index contributed by atoms with van der Waals surface area (Å²) in [5, 5.41) is 20.0. The number of methoxy groups -OCH3 is 3. The molecule has 3 aromatic rings. The molecule has 0 radical (unpaired) electrons. The van der Waals surface area contributed by atoms with E-state index in [1.807, 2.05) is 0 Å². The SMILES string of the molecule is COc1cc(-c2nnc(SCC(=O)Nc3cc(C(=O)O)ccc3C)o2)cc(OC)c1OC. The summed E-state index contributed by atoms with van der Waals surface area (Å²) in [6.45, 7) is 1.77. The lowest BCUT2D eigenvalue weighted by Gasteiger charge is -2.12. The number of nitrogens with one attached hydrogen (secondary N) is 1. The van der Waals surface area contributed by atoms with E-state index in [1.165, 1.54) is 33.5 Å². The largest absolute Gasteiger partial charge is 0.493 e. The third kappa shape index (κ3) is 5.11. The molecule has 0 aliphatic heterocycles. The molecular formula is C21H21N3O7S. The fourth-order valence-corrected chi connectivity index (χ4v) is 3.36. The molecule has 1 heterocycles. The van der Waals surface area contributed by atoms with Gasteiger partial charge in [0.15, 0.2) is 11.5 Å². The van der Waals surface area contributed by atoms with Crippen LogP contribution in [0.5, 0.6) is 17.2 Å². The molecule has 0 spiro atoms. The Morgan fingerprint density at radius 3 is 2.34 bits per heavy atom. The predicted molar refractivity (Wildman–Crippen MR) is 117 cm³/mol. The molecule has 2 N–H and O–H groups in total. The zero-order chi connectivity index (χ0) is 23.3. The maximum Gasteiger partial charge on any atom is 0.335 e. The number of amides is 1. The van der Waals surface area contributed by atoms with Crippen molar-refractivity contribution in [3.63, 3.8) is 0 Å². The van der Waals surface area contributed by atoms with Gasteiger partial charge in [0, 0.05) is 11.3 Å². The van der Waals surface area contributed by atoms with Crippen molar-refractivity contribution < 1.29 is 33.3 Å². The van der Waals surface area contributed by atoms with Crippen molar-refractivity contribution in [1.82, 2.24) is 10.2 Å². The van der Waals surface area contributed by atoms with Crippen molar-refractivity contribution >= 4 is 29.3 Å². The molecule has 2 aromatic carbocycles. The molecule has 10 nitrogen and oxygen atoms in total. The van der Waals surface area contributed by atoms with Crippen molar-refractivity contribution in [2.24, 2.45) is 0 Å². The third-order valence-electron chi connectivity index (χ3n) is 4.40. The maximum atomic E-state index is 12.3. The number of carboxylic acid groups (broad SMARTS) is 1. The van der Waals surface area contributed by atoms with Crippen molar-refractivity contribution in [3.05, 3.63) is 41.5 Å². The number of nitrogens with zero attached hydrogens (tertiary/aromatic N) is 2. The van der Waals surface area contributed by atoms with Crippen LogP contribution in [0.15, 0.2) is 40.0 Å². The highest BCUT2D eigenvalue weighted by Gasteiger charge is 2.18. The number of anilines is 1. The first-order valence-electron chi connectivity index (χ1n) is 9.26. The Labute approximate surface area is 187 Å². The van der Waals surface area contributed by atoms with E-state index >= 15 is 0 Å². The summed E-state index contributed by atoms with van der Waals surface area (Å²) in [7, 11) is 4.51. The second kappa shape index (κ2) is 10.1. The smallest absolute Gasteiger partial charge is 0.335 e. The van der Waals surface area contributed by atoms with Gasteiger partial charge in [0.05, 0.1) is 32.6 Å². The number of carbonyl (C=O) groups excluding carboxylic acids is 1. The van der Waals surface area contributed by atoms with E-state index in [9.17, 15) is 9.59 Å². The Morgan fingerprint density at radius 1 is 1.06 bits per heavy atom. The Bertz CT molecular complexity index is 1120. The number of ether oxygens (including phenoxy) is 3. The van der Waals surface area contributed by atoms with E-state index in [2.05, 4.69) is 15.5 Å². The molecule has 0 aliphatic rings. The highest BCUT2D eigenvalue weighted by Crippen LogP contribution is 2.41. The number of aryl methyl sites for hydroxylation is 1. The van der Waals surface area contributed by atoms with Crippen molar-refractivity contribution in [1.29, 1.82) is 0 Å².